The molecule has 19 heavy (non-hydrogen) atoms. The standard InChI is InChI=1S/C15H18O4/c16-14(17)15(6-3-7-18-10-15)9-12-8-11-4-1-2-5-13(11)19-12/h1-2,4-5,12H,3,6-10H2,(H,16,17). The Hall–Kier alpha value is -1.55. The molecule has 0 spiro atoms. The molecule has 2 aliphatic rings. The fraction of sp³-hybridized carbons (Fsp3) is 0.533. The molecule has 0 amide bonds. The number of fused-ring (bicyclic) bond motifs is 1. The summed E-state index contributed by atoms with van der Waals surface area (Å²) in [7, 11) is 0. The van der Waals surface area contributed by atoms with Crippen LogP contribution in [0, 0.1) is 5.41 Å². The summed E-state index contributed by atoms with van der Waals surface area (Å²) in [5.41, 5.74) is 0.398. The van der Waals surface area contributed by atoms with Crippen LogP contribution in [0.3, 0.4) is 0 Å². The molecule has 102 valence electrons. The Morgan fingerprint density at radius 1 is 1.42 bits per heavy atom. The number of ether oxygens (including phenoxy) is 2. The highest BCUT2D eigenvalue weighted by atomic mass is 16.5. The first-order valence-electron chi connectivity index (χ1n) is 6.75. The molecule has 1 N–H and O–H groups in total. The fourth-order valence-electron chi connectivity index (χ4n) is 3.07. The molecule has 2 heterocycles. The molecule has 1 aromatic carbocycles. The third kappa shape index (κ3) is 2.32. The van der Waals surface area contributed by atoms with Crippen LogP contribution in [0.25, 0.3) is 0 Å². The molecule has 2 aliphatic heterocycles. The van der Waals surface area contributed by atoms with Gasteiger partial charge in [0, 0.05) is 19.4 Å². The monoisotopic (exact) mass is 262 g/mol. The first-order valence-corrected chi connectivity index (χ1v) is 6.75. The molecule has 1 aromatic rings. The van der Waals surface area contributed by atoms with Gasteiger partial charge in [-0.3, -0.25) is 4.79 Å². The number of rotatable bonds is 3. The zero-order chi connectivity index (χ0) is 13.3. The summed E-state index contributed by atoms with van der Waals surface area (Å²) in [6, 6.07) is 7.92. The summed E-state index contributed by atoms with van der Waals surface area (Å²) < 4.78 is 11.3. The van der Waals surface area contributed by atoms with Crippen molar-refractivity contribution >= 4 is 5.97 Å². The van der Waals surface area contributed by atoms with Crippen molar-refractivity contribution in [3.63, 3.8) is 0 Å². The number of hydrogen-bond donors (Lipinski definition) is 1. The van der Waals surface area contributed by atoms with Crippen LogP contribution in [0.5, 0.6) is 5.75 Å². The van der Waals surface area contributed by atoms with E-state index in [2.05, 4.69) is 0 Å². The number of para-hydroxylation sites is 1. The Labute approximate surface area is 112 Å². The number of aliphatic carboxylic acids is 1. The Kier molecular flexibility index (Phi) is 3.19. The molecular weight excluding hydrogens is 244 g/mol. The van der Waals surface area contributed by atoms with Crippen molar-refractivity contribution in [2.45, 2.75) is 31.8 Å². The summed E-state index contributed by atoms with van der Waals surface area (Å²) in [6.07, 6.45) is 2.77. The van der Waals surface area contributed by atoms with E-state index in [9.17, 15) is 9.90 Å². The first kappa shape index (κ1) is 12.5. The van der Waals surface area contributed by atoms with Gasteiger partial charge in [-0.15, -0.1) is 0 Å². The van der Waals surface area contributed by atoms with Crippen LogP contribution >= 0.6 is 0 Å². The minimum Gasteiger partial charge on any atom is -0.490 e. The SMILES string of the molecule is O=C(O)C1(CC2Cc3ccccc3O2)CCCOC1. The zero-order valence-electron chi connectivity index (χ0n) is 10.8. The lowest BCUT2D eigenvalue weighted by molar-refractivity contribution is -0.160. The molecular formula is C15H18O4. The van der Waals surface area contributed by atoms with Gasteiger partial charge in [0.25, 0.3) is 0 Å². The number of carboxylic acid groups (broad SMARTS) is 1. The van der Waals surface area contributed by atoms with E-state index in [1.807, 2.05) is 24.3 Å². The van der Waals surface area contributed by atoms with Gasteiger partial charge in [-0.25, -0.2) is 0 Å². The Bertz CT molecular complexity index is 452. The van der Waals surface area contributed by atoms with E-state index < -0.39 is 11.4 Å². The van der Waals surface area contributed by atoms with Crippen molar-refractivity contribution in [3.8, 4) is 5.75 Å². The highest BCUT2D eigenvalue weighted by Gasteiger charge is 2.44. The van der Waals surface area contributed by atoms with Crippen LogP contribution in [0.2, 0.25) is 0 Å². The van der Waals surface area contributed by atoms with Gasteiger partial charge in [0.2, 0.25) is 0 Å². The molecule has 0 aromatic heterocycles. The van der Waals surface area contributed by atoms with Crippen molar-refractivity contribution in [1.29, 1.82) is 0 Å². The summed E-state index contributed by atoms with van der Waals surface area (Å²) >= 11 is 0. The van der Waals surface area contributed by atoms with E-state index in [1.54, 1.807) is 0 Å². The van der Waals surface area contributed by atoms with Crippen molar-refractivity contribution < 1.29 is 19.4 Å². The van der Waals surface area contributed by atoms with Crippen LogP contribution in [0.15, 0.2) is 24.3 Å². The first-order chi connectivity index (χ1) is 9.20. The van der Waals surface area contributed by atoms with Crippen molar-refractivity contribution in [3.05, 3.63) is 29.8 Å². The summed E-state index contributed by atoms with van der Waals surface area (Å²) in [4.78, 5) is 11.6. The lowest BCUT2D eigenvalue weighted by Gasteiger charge is -2.34. The second-order valence-electron chi connectivity index (χ2n) is 5.50. The van der Waals surface area contributed by atoms with E-state index in [0.717, 1.165) is 18.6 Å². The third-order valence-electron chi connectivity index (χ3n) is 4.11. The van der Waals surface area contributed by atoms with E-state index in [0.29, 0.717) is 26.1 Å². The van der Waals surface area contributed by atoms with Gasteiger partial charge in [0.15, 0.2) is 0 Å². The van der Waals surface area contributed by atoms with E-state index in [4.69, 9.17) is 9.47 Å². The highest BCUT2D eigenvalue weighted by molar-refractivity contribution is 5.75. The average Bonchev–Trinajstić information content (AvgIpc) is 2.81. The van der Waals surface area contributed by atoms with Gasteiger partial charge in [-0.2, -0.15) is 0 Å². The highest BCUT2D eigenvalue weighted by Crippen LogP contribution is 2.39. The molecule has 3 rings (SSSR count). The number of hydrogen-bond acceptors (Lipinski definition) is 3. The lowest BCUT2D eigenvalue weighted by Crippen LogP contribution is -2.42. The van der Waals surface area contributed by atoms with Crippen molar-refractivity contribution in [2.24, 2.45) is 5.41 Å². The maximum absolute atomic E-state index is 11.6. The van der Waals surface area contributed by atoms with Crippen molar-refractivity contribution in [1.82, 2.24) is 0 Å². The number of carboxylic acids is 1. The molecule has 0 aliphatic carbocycles. The van der Waals surface area contributed by atoms with Crippen LogP contribution in [0.4, 0.5) is 0 Å². The van der Waals surface area contributed by atoms with E-state index in [1.165, 1.54) is 5.56 Å². The molecule has 0 radical (unpaired) electrons. The van der Waals surface area contributed by atoms with Gasteiger partial charge in [-0.1, -0.05) is 18.2 Å². The Morgan fingerprint density at radius 3 is 2.95 bits per heavy atom. The quantitative estimate of drug-likeness (QED) is 0.907. The minimum atomic E-state index is -0.773. The van der Waals surface area contributed by atoms with Crippen LogP contribution in [0.1, 0.15) is 24.8 Å². The zero-order valence-corrected chi connectivity index (χ0v) is 10.8. The number of benzene rings is 1. The molecule has 0 bridgehead atoms. The van der Waals surface area contributed by atoms with Gasteiger partial charge in [-0.05, 0) is 24.5 Å². The fourth-order valence-corrected chi connectivity index (χ4v) is 3.07. The van der Waals surface area contributed by atoms with E-state index >= 15 is 0 Å². The van der Waals surface area contributed by atoms with Crippen molar-refractivity contribution in [2.75, 3.05) is 13.2 Å². The van der Waals surface area contributed by atoms with E-state index in [-0.39, 0.29) is 6.10 Å². The summed E-state index contributed by atoms with van der Waals surface area (Å²) in [5, 5.41) is 9.53. The second-order valence-corrected chi connectivity index (χ2v) is 5.50. The summed E-state index contributed by atoms with van der Waals surface area (Å²) in [6.45, 7) is 0.972. The predicted octanol–water partition coefficient (Wildman–Crippen LogP) is 2.26. The maximum Gasteiger partial charge on any atom is 0.312 e. The van der Waals surface area contributed by atoms with Gasteiger partial charge in [0.1, 0.15) is 11.9 Å². The summed E-state index contributed by atoms with van der Waals surface area (Å²) in [5.74, 6) is 0.136. The average molecular weight is 262 g/mol. The van der Waals surface area contributed by atoms with Crippen LogP contribution < -0.4 is 4.74 Å². The number of carbonyl (C=O) groups is 1. The van der Waals surface area contributed by atoms with Crippen LogP contribution in [-0.4, -0.2) is 30.4 Å². The van der Waals surface area contributed by atoms with Gasteiger partial charge >= 0.3 is 5.97 Å². The normalized spacial score (nSPS) is 29.6. The Balaban J connectivity index is 1.73. The van der Waals surface area contributed by atoms with Gasteiger partial charge < -0.3 is 14.6 Å². The largest absolute Gasteiger partial charge is 0.490 e. The molecule has 2 atom stereocenters. The minimum absolute atomic E-state index is 0.0461. The van der Waals surface area contributed by atoms with Gasteiger partial charge in [0.05, 0.1) is 12.0 Å². The molecule has 4 nitrogen and oxygen atoms in total. The predicted molar refractivity (Wildman–Crippen MR) is 69.3 cm³/mol. The molecule has 1 saturated heterocycles. The maximum atomic E-state index is 11.6. The molecule has 1 fully saturated rings. The Morgan fingerprint density at radius 2 is 2.26 bits per heavy atom. The second kappa shape index (κ2) is 4.85. The molecule has 0 saturated carbocycles. The topological polar surface area (TPSA) is 55.8 Å². The third-order valence-corrected chi connectivity index (χ3v) is 4.11. The van der Waals surface area contributed by atoms with Crippen LogP contribution in [-0.2, 0) is 16.0 Å². The molecule has 4 heteroatoms. The molecule has 2 unspecified atom stereocenters. The smallest absolute Gasteiger partial charge is 0.312 e. The lowest BCUT2D eigenvalue weighted by atomic mass is 9.77.